The Kier molecular flexibility index (Phi) is 7.58. The minimum atomic E-state index is -4.48. The van der Waals surface area contributed by atoms with E-state index in [0.717, 1.165) is 11.6 Å². The molecule has 4 N–H and O–H groups in total. The van der Waals surface area contributed by atoms with E-state index in [2.05, 4.69) is 31.2 Å². The molecule has 1 atom stereocenters. The molecule has 0 saturated carbocycles. The Labute approximate surface area is 210 Å². The van der Waals surface area contributed by atoms with E-state index in [0.29, 0.717) is 24.7 Å². The van der Waals surface area contributed by atoms with Gasteiger partial charge in [0.1, 0.15) is 5.54 Å². The van der Waals surface area contributed by atoms with Gasteiger partial charge in [-0.3, -0.25) is 9.59 Å². The van der Waals surface area contributed by atoms with Crippen molar-refractivity contribution in [1.82, 2.24) is 20.6 Å². The molecule has 0 spiro atoms. The van der Waals surface area contributed by atoms with Crippen molar-refractivity contribution in [3.05, 3.63) is 77.6 Å². The SMILES string of the molecule is CNc1ncc(C(=O)N[C@@]2(C(=O)NCc3ccc(Nc4ccccc4C(F)(F)F)cc3)CCOC2)cn1. The normalized spacial score (nSPS) is 17.2. The van der Waals surface area contributed by atoms with Crippen molar-refractivity contribution in [2.75, 3.05) is 30.9 Å². The van der Waals surface area contributed by atoms with Gasteiger partial charge in [-0.1, -0.05) is 24.3 Å². The first-order valence-corrected chi connectivity index (χ1v) is 11.4. The molecule has 2 aromatic carbocycles. The Morgan fingerprint density at radius 2 is 1.76 bits per heavy atom. The van der Waals surface area contributed by atoms with Crippen LogP contribution in [0.1, 0.15) is 27.9 Å². The van der Waals surface area contributed by atoms with Gasteiger partial charge in [-0.15, -0.1) is 0 Å². The zero-order valence-electron chi connectivity index (χ0n) is 19.9. The Balaban J connectivity index is 1.38. The van der Waals surface area contributed by atoms with E-state index in [9.17, 15) is 22.8 Å². The van der Waals surface area contributed by atoms with Crippen LogP contribution in [0.5, 0.6) is 0 Å². The summed E-state index contributed by atoms with van der Waals surface area (Å²) in [4.78, 5) is 33.8. The van der Waals surface area contributed by atoms with Crippen molar-refractivity contribution in [3.8, 4) is 0 Å². The molecule has 1 aliphatic rings. The van der Waals surface area contributed by atoms with Gasteiger partial charge >= 0.3 is 6.18 Å². The number of amides is 2. The maximum atomic E-state index is 13.2. The number of carbonyl (C=O) groups is 2. The summed E-state index contributed by atoms with van der Waals surface area (Å²) >= 11 is 0. The number of ether oxygens (including phenoxy) is 1. The number of hydrogen-bond acceptors (Lipinski definition) is 7. The van der Waals surface area contributed by atoms with E-state index < -0.39 is 29.1 Å². The zero-order valence-corrected chi connectivity index (χ0v) is 19.9. The highest BCUT2D eigenvalue weighted by molar-refractivity contribution is 5.99. The standard InChI is InChI=1S/C25H25F3N6O3/c1-29-23-31-13-17(14-32-23)21(35)34-24(10-11-37-15-24)22(36)30-12-16-6-8-18(9-7-16)33-20-5-3-2-4-19(20)25(26,27)28/h2-9,13-14,33H,10-12,15H2,1H3,(H,30,36)(H,34,35)(H,29,31,32)/t24-/m0/s1. The van der Waals surface area contributed by atoms with Crippen molar-refractivity contribution in [2.24, 2.45) is 0 Å². The lowest BCUT2D eigenvalue weighted by Gasteiger charge is -2.27. The average Bonchev–Trinajstić information content (AvgIpc) is 3.37. The Morgan fingerprint density at radius 3 is 2.38 bits per heavy atom. The lowest BCUT2D eigenvalue weighted by Crippen LogP contribution is -2.59. The highest BCUT2D eigenvalue weighted by Gasteiger charge is 2.43. The molecule has 12 heteroatoms. The number of anilines is 3. The molecule has 2 amide bonds. The fourth-order valence-corrected chi connectivity index (χ4v) is 3.82. The van der Waals surface area contributed by atoms with E-state index in [4.69, 9.17) is 4.74 Å². The van der Waals surface area contributed by atoms with Crippen LogP contribution in [0.25, 0.3) is 0 Å². The highest BCUT2D eigenvalue weighted by Crippen LogP contribution is 2.35. The lowest BCUT2D eigenvalue weighted by molar-refractivity contribution is -0.137. The number of nitrogens with one attached hydrogen (secondary N) is 4. The Hall–Kier alpha value is -4.19. The molecule has 194 valence electrons. The maximum Gasteiger partial charge on any atom is 0.418 e. The minimum Gasteiger partial charge on any atom is -0.378 e. The molecule has 0 radical (unpaired) electrons. The van der Waals surface area contributed by atoms with Crippen LogP contribution in [0.3, 0.4) is 0 Å². The maximum absolute atomic E-state index is 13.2. The summed E-state index contributed by atoms with van der Waals surface area (Å²) in [6.07, 6.45) is -1.47. The number of nitrogens with zero attached hydrogens (tertiary/aromatic N) is 2. The van der Waals surface area contributed by atoms with E-state index in [1.54, 1.807) is 31.3 Å². The molecule has 1 aromatic heterocycles. The van der Waals surface area contributed by atoms with Gasteiger partial charge in [-0.05, 0) is 29.8 Å². The number of alkyl halides is 3. The summed E-state index contributed by atoms with van der Waals surface area (Å²) in [5, 5.41) is 11.1. The molecule has 1 saturated heterocycles. The van der Waals surface area contributed by atoms with E-state index in [1.807, 2.05) is 0 Å². The van der Waals surface area contributed by atoms with Gasteiger partial charge in [0.15, 0.2) is 0 Å². The number of aromatic nitrogens is 2. The van der Waals surface area contributed by atoms with Crippen LogP contribution in [0, 0.1) is 0 Å². The smallest absolute Gasteiger partial charge is 0.378 e. The van der Waals surface area contributed by atoms with Gasteiger partial charge in [0, 0.05) is 44.7 Å². The number of benzene rings is 2. The number of hydrogen-bond donors (Lipinski definition) is 4. The summed E-state index contributed by atoms with van der Waals surface area (Å²) < 4.78 is 45.1. The monoisotopic (exact) mass is 514 g/mol. The van der Waals surface area contributed by atoms with Gasteiger partial charge in [0.2, 0.25) is 11.9 Å². The molecule has 1 aliphatic heterocycles. The van der Waals surface area contributed by atoms with Gasteiger partial charge in [-0.25, -0.2) is 9.97 Å². The third-order valence-electron chi connectivity index (χ3n) is 5.87. The van der Waals surface area contributed by atoms with Crippen molar-refractivity contribution in [2.45, 2.75) is 24.7 Å². The predicted molar refractivity (Wildman–Crippen MR) is 130 cm³/mol. The van der Waals surface area contributed by atoms with E-state index in [1.165, 1.54) is 30.6 Å². The van der Waals surface area contributed by atoms with Crippen molar-refractivity contribution < 1.29 is 27.5 Å². The molecule has 9 nitrogen and oxygen atoms in total. The van der Waals surface area contributed by atoms with Crippen LogP contribution in [-0.4, -0.2) is 47.6 Å². The van der Waals surface area contributed by atoms with Gasteiger partial charge < -0.3 is 26.0 Å². The first-order chi connectivity index (χ1) is 17.7. The summed E-state index contributed by atoms with van der Waals surface area (Å²) in [5.74, 6) is -0.552. The second kappa shape index (κ2) is 10.8. The molecule has 0 bridgehead atoms. The quantitative estimate of drug-likeness (QED) is 0.364. The lowest BCUT2D eigenvalue weighted by atomic mass is 9.96. The fourth-order valence-electron chi connectivity index (χ4n) is 3.82. The van der Waals surface area contributed by atoms with Crippen LogP contribution in [0.15, 0.2) is 60.9 Å². The number of rotatable bonds is 8. The van der Waals surface area contributed by atoms with Crippen LogP contribution in [-0.2, 0) is 22.3 Å². The first kappa shape index (κ1) is 25.9. The molecular formula is C25H25F3N6O3. The molecule has 2 heterocycles. The topological polar surface area (TPSA) is 117 Å². The number of carbonyl (C=O) groups excluding carboxylic acids is 2. The van der Waals surface area contributed by atoms with Crippen LogP contribution >= 0.6 is 0 Å². The largest absolute Gasteiger partial charge is 0.418 e. The van der Waals surface area contributed by atoms with Crippen molar-refractivity contribution in [3.63, 3.8) is 0 Å². The van der Waals surface area contributed by atoms with Crippen LogP contribution in [0.2, 0.25) is 0 Å². The zero-order chi connectivity index (χ0) is 26.5. The molecule has 0 unspecified atom stereocenters. The summed E-state index contributed by atoms with van der Waals surface area (Å²) in [6.45, 7) is 0.472. The number of halogens is 3. The summed E-state index contributed by atoms with van der Waals surface area (Å²) in [7, 11) is 1.65. The van der Waals surface area contributed by atoms with E-state index >= 15 is 0 Å². The van der Waals surface area contributed by atoms with E-state index in [-0.39, 0.29) is 24.4 Å². The third-order valence-corrected chi connectivity index (χ3v) is 5.87. The number of para-hydroxylation sites is 1. The second-order valence-corrected chi connectivity index (χ2v) is 8.43. The Morgan fingerprint density at radius 1 is 1.05 bits per heavy atom. The molecule has 3 aromatic rings. The molecule has 0 aliphatic carbocycles. The third kappa shape index (κ3) is 6.15. The average molecular weight is 515 g/mol. The van der Waals surface area contributed by atoms with Gasteiger partial charge in [0.25, 0.3) is 5.91 Å². The molecule has 4 rings (SSSR count). The summed E-state index contributed by atoms with van der Waals surface area (Å²) in [6, 6.07) is 11.9. The molecule has 37 heavy (non-hydrogen) atoms. The van der Waals surface area contributed by atoms with Gasteiger partial charge in [0.05, 0.1) is 23.4 Å². The van der Waals surface area contributed by atoms with Crippen molar-refractivity contribution >= 4 is 29.1 Å². The minimum absolute atomic E-state index is 0.0154. The first-order valence-electron chi connectivity index (χ1n) is 11.4. The second-order valence-electron chi connectivity index (χ2n) is 8.43. The predicted octanol–water partition coefficient (Wildman–Crippen LogP) is 3.49. The van der Waals surface area contributed by atoms with Gasteiger partial charge in [-0.2, -0.15) is 13.2 Å². The highest BCUT2D eigenvalue weighted by atomic mass is 19.4. The van der Waals surface area contributed by atoms with Crippen molar-refractivity contribution in [1.29, 1.82) is 0 Å². The van der Waals surface area contributed by atoms with Crippen LogP contribution in [0.4, 0.5) is 30.5 Å². The molecule has 1 fully saturated rings. The summed E-state index contributed by atoms with van der Waals surface area (Å²) in [5.41, 5.74) is -0.677. The van der Waals surface area contributed by atoms with Crippen LogP contribution < -0.4 is 21.3 Å². The fraction of sp³-hybridized carbons (Fsp3) is 0.280. The molecular weight excluding hydrogens is 489 g/mol. The Bertz CT molecular complexity index is 1240.